The fourth-order valence-corrected chi connectivity index (χ4v) is 3.49. The van der Waals surface area contributed by atoms with Crippen molar-refractivity contribution in [2.24, 2.45) is 7.05 Å². The van der Waals surface area contributed by atoms with Gasteiger partial charge in [-0.15, -0.1) is 0 Å². The van der Waals surface area contributed by atoms with Crippen molar-refractivity contribution in [3.63, 3.8) is 0 Å². The van der Waals surface area contributed by atoms with Gasteiger partial charge < -0.3 is 0 Å². The summed E-state index contributed by atoms with van der Waals surface area (Å²) >= 11 is 0. The van der Waals surface area contributed by atoms with E-state index in [0.717, 1.165) is 17.2 Å². The Labute approximate surface area is 140 Å². The van der Waals surface area contributed by atoms with Gasteiger partial charge in [0.2, 0.25) is 29.3 Å². The number of fused-ring (bicyclic) bond motifs is 3. The van der Waals surface area contributed by atoms with Crippen LogP contribution in [0.25, 0.3) is 10.8 Å². The predicted molar refractivity (Wildman–Crippen MR) is 91.4 cm³/mol. The van der Waals surface area contributed by atoms with Crippen LogP contribution in [0.4, 0.5) is 0 Å². The van der Waals surface area contributed by atoms with Crippen LogP contribution in [-0.2, 0) is 7.05 Å². The van der Waals surface area contributed by atoms with E-state index in [0.29, 0.717) is 22.5 Å². The molecule has 1 aliphatic rings. The topological polar surface area (TPSA) is 43.0 Å². The minimum atomic E-state index is -0.0742. The first-order valence-electron chi connectivity index (χ1n) is 8.25. The second-order valence-corrected chi connectivity index (χ2v) is 6.49. The van der Waals surface area contributed by atoms with Gasteiger partial charge >= 0.3 is 0 Å². The van der Waals surface area contributed by atoms with Gasteiger partial charge in [0.05, 0.1) is 13.1 Å². The van der Waals surface area contributed by atoms with E-state index in [1.54, 1.807) is 4.57 Å². The van der Waals surface area contributed by atoms with Gasteiger partial charge in [-0.05, 0) is 36.2 Å². The Morgan fingerprint density at radius 2 is 1.62 bits per heavy atom. The third-order valence-electron chi connectivity index (χ3n) is 5.00. The van der Waals surface area contributed by atoms with Crippen molar-refractivity contribution in [3.05, 3.63) is 65.2 Å². The van der Waals surface area contributed by atoms with Gasteiger partial charge in [0, 0.05) is 11.1 Å². The zero-order chi connectivity index (χ0) is 17.0. The quantitative estimate of drug-likeness (QED) is 0.532. The van der Waals surface area contributed by atoms with Crippen LogP contribution >= 0.6 is 0 Å². The highest BCUT2D eigenvalue weighted by Gasteiger charge is 2.41. The number of carbonyl (C=O) groups excluding carboxylic acids is 2. The van der Waals surface area contributed by atoms with Crippen LogP contribution in [0.3, 0.4) is 0 Å². The molecule has 1 aromatic heterocycles. The zero-order valence-corrected chi connectivity index (χ0v) is 14.0. The number of aryl methyl sites for hydroxylation is 1. The highest BCUT2D eigenvalue weighted by molar-refractivity contribution is 6.27. The van der Waals surface area contributed by atoms with Gasteiger partial charge in [0.15, 0.2) is 0 Å². The summed E-state index contributed by atoms with van der Waals surface area (Å²) < 4.78 is 3.72. The van der Waals surface area contributed by atoms with Crippen molar-refractivity contribution in [2.75, 3.05) is 0 Å². The van der Waals surface area contributed by atoms with E-state index in [-0.39, 0.29) is 17.6 Å². The predicted octanol–water partition coefficient (Wildman–Crippen LogP) is 3.21. The lowest BCUT2D eigenvalue weighted by Crippen LogP contribution is -2.36. The summed E-state index contributed by atoms with van der Waals surface area (Å²) in [5.74, 6) is -0.138. The van der Waals surface area contributed by atoms with Crippen molar-refractivity contribution in [3.8, 4) is 0 Å². The summed E-state index contributed by atoms with van der Waals surface area (Å²) in [6, 6.07) is 11.7. The van der Waals surface area contributed by atoms with Gasteiger partial charge in [-0.3, -0.25) is 9.59 Å². The first kappa shape index (κ1) is 14.8. The molecule has 0 fully saturated rings. The summed E-state index contributed by atoms with van der Waals surface area (Å²) in [6.07, 6.45) is 2.76. The SMILES string of the molecule is CCC(C)n1c[n+](C)c2c1C(=O)c1cc3ccccc3cc1C2=O. The molecule has 2 aromatic carbocycles. The fraction of sp³-hybridized carbons (Fsp3) is 0.250. The maximum absolute atomic E-state index is 13.2. The lowest BCUT2D eigenvalue weighted by Gasteiger charge is -2.15. The van der Waals surface area contributed by atoms with Crippen molar-refractivity contribution >= 4 is 22.3 Å². The number of hydrogen-bond donors (Lipinski definition) is 0. The molecular weight excluding hydrogens is 300 g/mol. The standard InChI is InChI=1S/C20H19N2O2/c1-4-12(2)22-11-21(3)17-18(22)20(24)16-10-14-8-6-5-7-13(14)9-15(16)19(17)23/h5-12H,4H2,1-3H3/q+1. The van der Waals surface area contributed by atoms with Gasteiger partial charge in [0.25, 0.3) is 0 Å². The van der Waals surface area contributed by atoms with E-state index in [4.69, 9.17) is 0 Å². The average Bonchev–Trinajstić information content (AvgIpc) is 2.95. The maximum atomic E-state index is 13.2. The molecule has 0 aliphatic heterocycles. The molecular formula is C20H19N2O2+. The number of rotatable bonds is 2. The third kappa shape index (κ3) is 1.89. The highest BCUT2D eigenvalue weighted by atomic mass is 16.1. The first-order valence-corrected chi connectivity index (χ1v) is 8.25. The lowest BCUT2D eigenvalue weighted by atomic mass is 9.87. The van der Waals surface area contributed by atoms with Crippen LogP contribution in [0, 0.1) is 0 Å². The Morgan fingerprint density at radius 1 is 1.04 bits per heavy atom. The second-order valence-electron chi connectivity index (χ2n) is 6.49. The van der Waals surface area contributed by atoms with Gasteiger partial charge in [0.1, 0.15) is 0 Å². The Kier molecular flexibility index (Phi) is 3.17. The molecule has 0 saturated carbocycles. The Balaban J connectivity index is 2.02. The smallest absolute Gasteiger partial charge is 0.244 e. The molecule has 1 unspecified atom stereocenters. The van der Waals surface area contributed by atoms with Crippen LogP contribution in [0.1, 0.15) is 58.4 Å². The molecule has 0 saturated heterocycles. The fourth-order valence-electron chi connectivity index (χ4n) is 3.49. The van der Waals surface area contributed by atoms with Crippen molar-refractivity contribution in [2.45, 2.75) is 26.3 Å². The maximum Gasteiger partial charge on any atom is 0.244 e. The summed E-state index contributed by atoms with van der Waals surface area (Å²) in [6.45, 7) is 4.14. The molecule has 0 N–H and O–H groups in total. The Hall–Kier alpha value is -2.75. The van der Waals surface area contributed by atoms with E-state index in [1.165, 1.54) is 0 Å². The number of ketones is 2. The number of nitrogens with zero attached hydrogens (tertiary/aromatic N) is 2. The summed E-state index contributed by atoms with van der Waals surface area (Å²) in [5.41, 5.74) is 2.01. The lowest BCUT2D eigenvalue weighted by molar-refractivity contribution is -0.672. The molecule has 0 amide bonds. The number of carbonyl (C=O) groups is 2. The Bertz CT molecular complexity index is 1010. The van der Waals surface area contributed by atoms with Crippen LogP contribution in [0.5, 0.6) is 0 Å². The molecule has 0 spiro atoms. The molecule has 1 heterocycles. The number of hydrogen-bond acceptors (Lipinski definition) is 2. The number of imidazole rings is 1. The van der Waals surface area contributed by atoms with E-state index in [9.17, 15) is 9.59 Å². The summed E-state index contributed by atoms with van der Waals surface area (Å²) in [4.78, 5) is 26.2. The molecule has 120 valence electrons. The van der Waals surface area contributed by atoms with Gasteiger partial charge in [-0.2, -0.15) is 0 Å². The molecule has 1 aliphatic carbocycles. The minimum Gasteiger partial charge on any atom is -0.284 e. The monoisotopic (exact) mass is 319 g/mol. The van der Waals surface area contributed by atoms with Crippen molar-refractivity contribution in [1.82, 2.24) is 4.57 Å². The zero-order valence-electron chi connectivity index (χ0n) is 14.0. The van der Waals surface area contributed by atoms with E-state index in [1.807, 2.05) is 54.3 Å². The molecule has 3 aromatic rings. The minimum absolute atomic E-state index is 0.0637. The summed E-state index contributed by atoms with van der Waals surface area (Å²) in [5, 5.41) is 1.96. The second kappa shape index (κ2) is 5.13. The van der Waals surface area contributed by atoms with Crippen molar-refractivity contribution in [1.29, 1.82) is 0 Å². The third-order valence-corrected chi connectivity index (χ3v) is 5.00. The largest absolute Gasteiger partial charge is 0.284 e. The van der Waals surface area contributed by atoms with E-state index in [2.05, 4.69) is 13.8 Å². The molecule has 4 nitrogen and oxygen atoms in total. The molecule has 0 radical (unpaired) electrons. The van der Waals surface area contributed by atoms with Crippen LogP contribution in [0.2, 0.25) is 0 Å². The van der Waals surface area contributed by atoms with Crippen LogP contribution < -0.4 is 4.57 Å². The average molecular weight is 319 g/mol. The molecule has 4 rings (SSSR count). The van der Waals surface area contributed by atoms with E-state index < -0.39 is 0 Å². The van der Waals surface area contributed by atoms with Gasteiger partial charge in [-0.25, -0.2) is 9.13 Å². The normalized spacial score (nSPS) is 14.6. The van der Waals surface area contributed by atoms with Crippen LogP contribution in [0.15, 0.2) is 42.7 Å². The molecule has 4 heteroatoms. The van der Waals surface area contributed by atoms with Crippen molar-refractivity contribution < 1.29 is 14.2 Å². The van der Waals surface area contributed by atoms with E-state index >= 15 is 0 Å². The number of aromatic nitrogens is 2. The van der Waals surface area contributed by atoms with Crippen LogP contribution in [-0.4, -0.2) is 16.1 Å². The van der Waals surface area contributed by atoms with Gasteiger partial charge in [-0.1, -0.05) is 31.2 Å². The molecule has 24 heavy (non-hydrogen) atoms. The Morgan fingerprint density at radius 3 is 2.21 bits per heavy atom. The molecule has 0 bridgehead atoms. The highest BCUT2D eigenvalue weighted by Crippen LogP contribution is 2.31. The first-order chi connectivity index (χ1) is 11.5. The number of benzene rings is 2. The summed E-state index contributed by atoms with van der Waals surface area (Å²) in [7, 11) is 1.83. The molecule has 1 atom stereocenters.